The van der Waals surface area contributed by atoms with Crippen LogP contribution in [0.15, 0.2) is 0 Å². The molecule has 0 aliphatic carbocycles. The fourth-order valence-electron chi connectivity index (χ4n) is 2.32. The second-order valence-electron chi connectivity index (χ2n) is 6.08. The Kier molecular flexibility index (Phi) is 10.6. The summed E-state index contributed by atoms with van der Waals surface area (Å²) in [6.07, 6.45) is 12.7. The Morgan fingerprint density at radius 1 is 1.38 bits per heavy atom. The van der Waals surface area contributed by atoms with E-state index in [9.17, 15) is 9.59 Å². The number of terminal acetylenes is 1. The summed E-state index contributed by atoms with van der Waals surface area (Å²) in [5.41, 5.74) is -0.508. The Morgan fingerprint density at radius 3 is 2.38 bits per heavy atom. The van der Waals surface area contributed by atoms with Crippen LogP contribution in [0, 0.1) is 18.8 Å². The molecule has 1 aliphatic rings. The van der Waals surface area contributed by atoms with Gasteiger partial charge in [0, 0.05) is 6.54 Å². The second-order valence-corrected chi connectivity index (χ2v) is 6.08. The molecule has 122 valence electrons. The minimum Gasteiger partial charge on any atom is -0.444 e. The van der Waals surface area contributed by atoms with Crippen molar-refractivity contribution in [3.8, 4) is 12.8 Å². The van der Waals surface area contributed by atoms with Crippen molar-refractivity contribution < 1.29 is 14.3 Å². The summed E-state index contributed by atoms with van der Waals surface area (Å²) in [5, 5.41) is 0. The maximum atomic E-state index is 12.0. The number of carbonyl (C=O) groups is 2. The molecule has 1 heterocycles. The lowest BCUT2D eigenvalue weighted by Gasteiger charge is -2.26. The lowest BCUT2D eigenvalue weighted by Crippen LogP contribution is -2.40. The summed E-state index contributed by atoms with van der Waals surface area (Å²) >= 11 is 0. The van der Waals surface area contributed by atoms with Crippen molar-refractivity contribution >= 4 is 12.4 Å². The SMILES string of the molecule is C.C#C.CCCC[C@@H]1C[C@@H](C=O)N(C(=O)OC(C)(C)C)C1. The summed E-state index contributed by atoms with van der Waals surface area (Å²) in [7, 11) is 0. The molecule has 0 aromatic carbocycles. The van der Waals surface area contributed by atoms with Crippen LogP contribution < -0.4 is 0 Å². The largest absolute Gasteiger partial charge is 0.444 e. The van der Waals surface area contributed by atoms with E-state index in [4.69, 9.17) is 4.74 Å². The Bertz CT molecular complexity index is 331. The van der Waals surface area contributed by atoms with Crippen LogP contribution >= 0.6 is 0 Å². The van der Waals surface area contributed by atoms with Crippen LogP contribution in [-0.4, -0.2) is 35.5 Å². The van der Waals surface area contributed by atoms with Crippen LogP contribution in [0.25, 0.3) is 0 Å². The predicted molar refractivity (Wildman–Crippen MR) is 87.0 cm³/mol. The highest BCUT2D eigenvalue weighted by atomic mass is 16.6. The van der Waals surface area contributed by atoms with E-state index in [1.54, 1.807) is 4.90 Å². The summed E-state index contributed by atoms with van der Waals surface area (Å²) < 4.78 is 5.33. The van der Waals surface area contributed by atoms with Gasteiger partial charge in [0.05, 0.1) is 6.04 Å². The van der Waals surface area contributed by atoms with Crippen molar-refractivity contribution in [2.45, 2.75) is 72.4 Å². The summed E-state index contributed by atoms with van der Waals surface area (Å²) in [5.74, 6) is 0.438. The number of hydrogen-bond donors (Lipinski definition) is 0. The third-order valence-electron chi connectivity index (χ3n) is 3.18. The molecule has 4 nitrogen and oxygen atoms in total. The van der Waals surface area contributed by atoms with Gasteiger partial charge < -0.3 is 9.53 Å². The van der Waals surface area contributed by atoms with Crippen LogP contribution in [0.4, 0.5) is 4.79 Å². The van der Waals surface area contributed by atoms with Crippen LogP contribution in [-0.2, 0) is 9.53 Å². The molecule has 4 heteroatoms. The highest BCUT2D eigenvalue weighted by Gasteiger charge is 2.36. The predicted octanol–water partition coefficient (Wildman–Crippen LogP) is 3.89. The van der Waals surface area contributed by atoms with Gasteiger partial charge in [0.1, 0.15) is 11.9 Å². The van der Waals surface area contributed by atoms with Crippen LogP contribution in [0.5, 0.6) is 0 Å². The number of amides is 1. The Labute approximate surface area is 130 Å². The first kappa shape index (κ1) is 21.8. The van der Waals surface area contributed by atoms with Gasteiger partial charge in [-0.05, 0) is 39.5 Å². The molecule has 1 amide bonds. The van der Waals surface area contributed by atoms with E-state index in [1.165, 1.54) is 0 Å². The smallest absolute Gasteiger partial charge is 0.410 e. The van der Waals surface area contributed by atoms with Crippen molar-refractivity contribution in [3.05, 3.63) is 0 Å². The monoisotopic (exact) mass is 297 g/mol. The quantitative estimate of drug-likeness (QED) is 0.584. The molecule has 1 rings (SSSR count). The van der Waals surface area contributed by atoms with Crippen molar-refractivity contribution in [1.29, 1.82) is 0 Å². The van der Waals surface area contributed by atoms with Gasteiger partial charge >= 0.3 is 6.09 Å². The molecule has 21 heavy (non-hydrogen) atoms. The third-order valence-corrected chi connectivity index (χ3v) is 3.18. The molecule has 0 radical (unpaired) electrons. The maximum absolute atomic E-state index is 12.0. The van der Waals surface area contributed by atoms with Gasteiger partial charge in [0.15, 0.2) is 0 Å². The van der Waals surface area contributed by atoms with Crippen molar-refractivity contribution in [3.63, 3.8) is 0 Å². The fourth-order valence-corrected chi connectivity index (χ4v) is 2.32. The fraction of sp³-hybridized carbons (Fsp3) is 0.765. The zero-order chi connectivity index (χ0) is 15.8. The molecule has 1 aliphatic heterocycles. The molecular weight excluding hydrogens is 266 g/mol. The number of aldehydes is 1. The van der Waals surface area contributed by atoms with E-state index < -0.39 is 5.60 Å². The van der Waals surface area contributed by atoms with E-state index in [1.807, 2.05) is 20.8 Å². The minimum absolute atomic E-state index is 0. The molecule has 0 aromatic heterocycles. The summed E-state index contributed by atoms with van der Waals surface area (Å²) in [4.78, 5) is 24.6. The normalized spacial score (nSPS) is 20.8. The molecule has 0 N–H and O–H groups in total. The van der Waals surface area contributed by atoms with Gasteiger partial charge in [-0.1, -0.05) is 27.2 Å². The first-order valence-electron chi connectivity index (χ1n) is 7.15. The van der Waals surface area contributed by atoms with Crippen LogP contribution in [0.2, 0.25) is 0 Å². The van der Waals surface area contributed by atoms with E-state index >= 15 is 0 Å². The number of hydrogen-bond acceptors (Lipinski definition) is 3. The van der Waals surface area contributed by atoms with E-state index in [-0.39, 0.29) is 19.6 Å². The van der Waals surface area contributed by atoms with Gasteiger partial charge in [-0.2, -0.15) is 0 Å². The zero-order valence-corrected chi connectivity index (χ0v) is 13.1. The van der Waals surface area contributed by atoms with Gasteiger partial charge in [-0.3, -0.25) is 4.90 Å². The van der Waals surface area contributed by atoms with E-state index in [0.717, 1.165) is 32.0 Å². The van der Waals surface area contributed by atoms with Gasteiger partial charge in [0.25, 0.3) is 0 Å². The first-order valence-corrected chi connectivity index (χ1v) is 7.15. The lowest BCUT2D eigenvalue weighted by atomic mass is 10.00. The molecule has 0 spiro atoms. The van der Waals surface area contributed by atoms with Gasteiger partial charge in [-0.25, -0.2) is 4.79 Å². The molecule has 0 bridgehead atoms. The number of nitrogens with zero attached hydrogens (tertiary/aromatic N) is 1. The molecule has 0 aromatic rings. The average molecular weight is 297 g/mol. The molecule has 1 fully saturated rings. The number of ether oxygens (including phenoxy) is 1. The molecule has 2 atom stereocenters. The Morgan fingerprint density at radius 2 is 1.95 bits per heavy atom. The van der Waals surface area contributed by atoms with E-state index in [2.05, 4.69) is 19.8 Å². The van der Waals surface area contributed by atoms with Crippen molar-refractivity contribution in [1.82, 2.24) is 4.90 Å². The van der Waals surface area contributed by atoms with Crippen molar-refractivity contribution in [2.24, 2.45) is 5.92 Å². The van der Waals surface area contributed by atoms with Crippen LogP contribution in [0.3, 0.4) is 0 Å². The van der Waals surface area contributed by atoms with Crippen molar-refractivity contribution in [2.75, 3.05) is 6.54 Å². The summed E-state index contributed by atoms with van der Waals surface area (Å²) in [6, 6.07) is -0.304. The molecule has 1 saturated heterocycles. The molecular formula is C17H31NO3. The number of unbranched alkanes of at least 4 members (excludes halogenated alkanes) is 1. The lowest BCUT2D eigenvalue weighted by molar-refractivity contribution is -0.111. The van der Waals surface area contributed by atoms with Gasteiger partial charge in [0.2, 0.25) is 0 Å². The van der Waals surface area contributed by atoms with E-state index in [0.29, 0.717) is 12.5 Å². The zero-order valence-electron chi connectivity index (χ0n) is 13.1. The Hall–Kier alpha value is -1.50. The third kappa shape index (κ3) is 7.75. The highest BCUT2D eigenvalue weighted by molar-refractivity contribution is 5.74. The average Bonchev–Trinajstić information content (AvgIpc) is 2.80. The summed E-state index contributed by atoms with van der Waals surface area (Å²) in [6.45, 7) is 8.32. The number of likely N-dealkylation sites (tertiary alicyclic amines) is 1. The number of carbonyl (C=O) groups excluding carboxylic acids is 2. The standard InChI is InChI=1S/C14H25NO3.C2H2.CH4/c1-5-6-7-11-8-12(10-16)15(9-11)13(17)18-14(2,3)4;1-2;/h10-12H,5-9H2,1-4H3;1-2H;1H4/t11-,12+;;/m1../s1. The van der Waals surface area contributed by atoms with Crippen LogP contribution in [0.1, 0.15) is 60.8 Å². The maximum Gasteiger partial charge on any atom is 0.410 e. The highest BCUT2D eigenvalue weighted by Crippen LogP contribution is 2.27. The minimum atomic E-state index is -0.508. The molecule has 0 saturated carbocycles. The second kappa shape index (κ2) is 10.3. The molecule has 0 unspecified atom stereocenters. The van der Waals surface area contributed by atoms with Gasteiger partial charge in [-0.15, -0.1) is 12.8 Å². The Balaban J connectivity index is 0. The first-order chi connectivity index (χ1) is 9.37. The topological polar surface area (TPSA) is 46.6 Å². The number of rotatable bonds is 4.